The lowest BCUT2D eigenvalue weighted by Gasteiger charge is -2.40. The average Bonchev–Trinajstić information content (AvgIpc) is 2.67. The normalized spacial score (nSPS) is 27.9. The summed E-state index contributed by atoms with van der Waals surface area (Å²) in [6, 6.07) is 0.146. The molecule has 1 saturated heterocycles. The van der Waals surface area contributed by atoms with Crippen LogP contribution in [0.1, 0.15) is 37.9 Å². The predicted molar refractivity (Wildman–Crippen MR) is 61.0 cm³/mol. The van der Waals surface area contributed by atoms with E-state index in [0.29, 0.717) is 0 Å². The van der Waals surface area contributed by atoms with E-state index in [1.807, 2.05) is 25.0 Å². The molecule has 1 N–H and O–H groups in total. The lowest BCUT2D eigenvalue weighted by molar-refractivity contribution is -0.0898. The van der Waals surface area contributed by atoms with Crippen LogP contribution in [0.5, 0.6) is 0 Å². The monoisotopic (exact) mass is 224 g/mol. The van der Waals surface area contributed by atoms with Crippen molar-refractivity contribution in [2.75, 3.05) is 13.7 Å². The van der Waals surface area contributed by atoms with Crippen molar-refractivity contribution in [1.82, 2.24) is 20.3 Å². The van der Waals surface area contributed by atoms with Gasteiger partial charge in [0, 0.05) is 13.7 Å². The molecule has 0 aliphatic carbocycles. The van der Waals surface area contributed by atoms with Crippen molar-refractivity contribution in [3.63, 3.8) is 0 Å². The molecule has 0 radical (unpaired) electrons. The molecule has 2 atom stereocenters. The fourth-order valence-electron chi connectivity index (χ4n) is 2.51. The zero-order valence-electron chi connectivity index (χ0n) is 10.2. The van der Waals surface area contributed by atoms with E-state index >= 15 is 0 Å². The first-order valence-electron chi connectivity index (χ1n) is 5.83. The molecular formula is C11H20N4O. The Kier molecular flexibility index (Phi) is 3.25. The third-order valence-corrected chi connectivity index (χ3v) is 3.44. The summed E-state index contributed by atoms with van der Waals surface area (Å²) in [6.45, 7) is 3.01. The van der Waals surface area contributed by atoms with E-state index in [1.54, 1.807) is 0 Å². The molecule has 0 spiro atoms. The molecular weight excluding hydrogens is 204 g/mol. The van der Waals surface area contributed by atoms with Gasteiger partial charge in [-0.05, 0) is 33.2 Å². The molecule has 1 aliphatic rings. The van der Waals surface area contributed by atoms with E-state index in [2.05, 4.69) is 22.6 Å². The first-order chi connectivity index (χ1) is 7.67. The highest BCUT2D eigenvalue weighted by atomic mass is 16.5. The van der Waals surface area contributed by atoms with Crippen LogP contribution >= 0.6 is 0 Å². The Morgan fingerprint density at radius 3 is 2.88 bits per heavy atom. The summed E-state index contributed by atoms with van der Waals surface area (Å²) >= 11 is 0. The molecule has 2 heterocycles. The third kappa shape index (κ3) is 1.97. The van der Waals surface area contributed by atoms with Gasteiger partial charge in [-0.2, -0.15) is 0 Å². The van der Waals surface area contributed by atoms with Gasteiger partial charge in [-0.1, -0.05) is 5.21 Å². The van der Waals surface area contributed by atoms with Crippen LogP contribution < -0.4 is 5.32 Å². The molecule has 16 heavy (non-hydrogen) atoms. The quantitative estimate of drug-likeness (QED) is 0.833. The van der Waals surface area contributed by atoms with E-state index in [9.17, 15) is 0 Å². The second-order valence-electron chi connectivity index (χ2n) is 4.62. The van der Waals surface area contributed by atoms with Crippen LogP contribution in [0.4, 0.5) is 0 Å². The summed E-state index contributed by atoms with van der Waals surface area (Å²) in [5.41, 5.74) is 0.926. The second kappa shape index (κ2) is 4.51. The number of aryl methyl sites for hydroxylation is 1. The molecule has 90 valence electrons. The van der Waals surface area contributed by atoms with Crippen molar-refractivity contribution in [3.05, 3.63) is 11.9 Å². The highest BCUT2D eigenvalue weighted by Gasteiger charge is 2.38. The van der Waals surface area contributed by atoms with Crippen LogP contribution in [-0.4, -0.2) is 34.2 Å². The first-order valence-corrected chi connectivity index (χ1v) is 5.83. The molecule has 2 unspecified atom stereocenters. The summed E-state index contributed by atoms with van der Waals surface area (Å²) in [7, 11) is 3.87. The number of aromatic nitrogens is 3. The smallest absolute Gasteiger partial charge is 0.0864 e. The van der Waals surface area contributed by atoms with Gasteiger partial charge < -0.3 is 10.1 Å². The molecule has 2 rings (SSSR count). The number of hydrogen-bond acceptors (Lipinski definition) is 4. The maximum atomic E-state index is 5.97. The van der Waals surface area contributed by atoms with Crippen LogP contribution in [0.2, 0.25) is 0 Å². The second-order valence-corrected chi connectivity index (χ2v) is 4.62. The van der Waals surface area contributed by atoms with Crippen LogP contribution in [-0.2, 0) is 11.8 Å². The Bertz CT molecular complexity index is 344. The summed E-state index contributed by atoms with van der Waals surface area (Å²) in [6.07, 6.45) is 5.27. The van der Waals surface area contributed by atoms with Gasteiger partial charge in [-0.15, -0.1) is 5.10 Å². The van der Waals surface area contributed by atoms with E-state index in [4.69, 9.17) is 4.74 Å². The van der Waals surface area contributed by atoms with Crippen molar-refractivity contribution in [1.29, 1.82) is 0 Å². The SMILES string of the molecule is CNC(c1cnnn1C)C1(C)CCCCO1. The molecule has 5 nitrogen and oxygen atoms in total. The van der Waals surface area contributed by atoms with E-state index in [-0.39, 0.29) is 11.6 Å². The molecule has 1 aliphatic heterocycles. The minimum absolute atomic E-state index is 0.146. The van der Waals surface area contributed by atoms with Crippen molar-refractivity contribution in [2.45, 2.75) is 37.8 Å². The maximum Gasteiger partial charge on any atom is 0.0864 e. The summed E-state index contributed by atoms with van der Waals surface area (Å²) in [5, 5.41) is 11.2. The zero-order valence-corrected chi connectivity index (χ0v) is 10.2. The van der Waals surface area contributed by atoms with Gasteiger partial charge in [-0.3, -0.25) is 4.68 Å². The molecule has 1 aromatic rings. The highest BCUT2D eigenvalue weighted by molar-refractivity contribution is 5.09. The van der Waals surface area contributed by atoms with E-state index in [1.165, 1.54) is 6.42 Å². The molecule has 0 aromatic carbocycles. The fraction of sp³-hybridized carbons (Fsp3) is 0.818. The van der Waals surface area contributed by atoms with Crippen molar-refractivity contribution >= 4 is 0 Å². The van der Waals surface area contributed by atoms with Crippen molar-refractivity contribution in [2.24, 2.45) is 7.05 Å². The average molecular weight is 224 g/mol. The van der Waals surface area contributed by atoms with E-state index < -0.39 is 0 Å². The van der Waals surface area contributed by atoms with Crippen LogP contribution in [0.15, 0.2) is 6.20 Å². The molecule has 0 bridgehead atoms. The van der Waals surface area contributed by atoms with Gasteiger partial charge >= 0.3 is 0 Å². The fourth-order valence-corrected chi connectivity index (χ4v) is 2.51. The van der Waals surface area contributed by atoms with Crippen LogP contribution in [0, 0.1) is 0 Å². The predicted octanol–water partition coefficient (Wildman–Crippen LogP) is 1.03. The summed E-state index contributed by atoms with van der Waals surface area (Å²) in [4.78, 5) is 0. The van der Waals surface area contributed by atoms with Gasteiger partial charge in [0.05, 0.1) is 23.5 Å². The molecule has 0 amide bonds. The number of ether oxygens (including phenoxy) is 1. The molecule has 1 fully saturated rings. The Balaban J connectivity index is 2.24. The molecule has 0 saturated carbocycles. The van der Waals surface area contributed by atoms with Crippen LogP contribution in [0.25, 0.3) is 0 Å². The van der Waals surface area contributed by atoms with Crippen LogP contribution in [0.3, 0.4) is 0 Å². The van der Waals surface area contributed by atoms with Crippen molar-refractivity contribution in [3.8, 4) is 0 Å². The minimum Gasteiger partial charge on any atom is -0.373 e. The number of likely N-dealkylation sites (N-methyl/N-ethyl adjacent to an activating group) is 1. The van der Waals surface area contributed by atoms with Gasteiger partial charge in [0.15, 0.2) is 0 Å². The Labute approximate surface area is 96.2 Å². The number of nitrogens with zero attached hydrogens (tertiary/aromatic N) is 3. The first kappa shape index (κ1) is 11.5. The molecule has 1 aromatic heterocycles. The van der Waals surface area contributed by atoms with Crippen molar-refractivity contribution < 1.29 is 4.74 Å². The summed E-state index contributed by atoms with van der Waals surface area (Å²) < 4.78 is 7.78. The topological polar surface area (TPSA) is 52.0 Å². The number of nitrogens with one attached hydrogen (secondary N) is 1. The van der Waals surface area contributed by atoms with Gasteiger partial charge in [-0.25, -0.2) is 0 Å². The van der Waals surface area contributed by atoms with E-state index in [0.717, 1.165) is 25.1 Å². The Morgan fingerprint density at radius 1 is 1.56 bits per heavy atom. The van der Waals surface area contributed by atoms with Gasteiger partial charge in [0.2, 0.25) is 0 Å². The third-order valence-electron chi connectivity index (χ3n) is 3.44. The summed E-state index contributed by atoms with van der Waals surface area (Å²) in [5.74, 6) is 0. The van der Waals surface area contributed by atoms with Gasteiger partial charge in [0.1, 0.15) is 0 Å². The number of rotatable bonds is 3. The number of hydrogen-bond donors (Lipinski definition) is 1. The maximum absolute atomic E-state index is 5.97. The van der Waals surface area contributed by atoms with Gasteiger partial charge in [0.25, 0.3) is 0 Å². The Hall–Kier alpha value is -0.940. The standard InChI is InChI=1S/C11H20N4O/c1-11(6-4-5-7-16-11)10(12-2)9-8-13-14-15(9)3/h8,10,12H,4-7H2,1-3H3. The largest absolute Gasteiger partial charge is 0.373 e. The Morgan fingerprint density at radius 2 is 2.38 bits per heavy atom. The minimum atomic E-state index is -0.150. The highest BCUT2D eigenvalue weighted by Crippen LogP contribution is 2.35. The zero-order chi connectivity index (χ0) is 11.6. The lowest BCUT2D eigenvalue weighted by atomic mass is 9.86. The molecule has 5 heteroatoms. The lowest BCUT2D eigenvalue weighted by Crippen LogP contribution is -2.45.